The molecule has 0 saturated heterocycles. The Morgan fingerprint density at radius 2 is 2.04 bits per heavy atom. The van der Waals surface area contributed by atoms with E-state index in [9.17, 15) is 18.0 Å². The van der Waals surface area contributed by atoms with Crippen molar-refractivity contribution in [1.82, 2.24) is 0 Å². The molecule has 26 heavy (non-hydrogen) atoms. The van der Waals surface area contributed by atoms with Crippen LogP contribution in [0.25, 0.3) is 0 Å². The smallest absolute Gasteiger partial charge is 0.422 e. The Labute approximate surface area is 151 Å². The van der Waals surface area contributed by atoms with Gasteiger partial charge in [-0.2, -0.15) is 13.2 Å². The summed E-state index contributed by atoms with van der Waals surface area (Å²) in [6.45, 7) is 6.33. The van der Waals surface area contributed by atoms with Crippen molar-refractivity contribution in [3.8, 4) is 5.75 Å². The zero-order valence-electron chi connectivity index (χ0n) is 15.4. The molecule has 8 heteroatoms. The second kappa shape index (κ2) is 7.08. The standard InChI is InChI=1S/C18H25F3N2O3/c1-5-25-14-9-17(22,16(14,3)4)15(24)23-12-7-6-8-13(11(12)2)26-10-18(19,20)21/h6-8,14H,5,9-10,22H2,1-4H3,(H,23,24). The van der Waals surface area contributed by atoms with Crippen LogP contribution in [0.3, 0.4) is 0 Å². The lowest BCUT2D eigenvalue weighted by Gasteiger charge is -2.57. The maximum atomic E-state index is 12.8. The van der Waals surface area contributed by atoms with Crippen LogP contribution in [0, 0.1) is 12.3 Å². The third kappa shape index (κ3) is 3.81. The predicted octanol–water partition coefficient (Wildman–Crippen LogP) is 3.41. The van der Waals surface area contributed by atoms with E-state index in [1.54, 1.807) is 13.0 Å². The first-order chi connectivity index (χ1) is 11.9. The van der Waals surface area contributed by atoms with Crippen molar-refractivity contribution in [2.24, 2.45) is 11.1 Å². The Bertz CT molecular complexity index is 676. The van der Waals surface area contributed by atoms with Crippen molar-refractivity contribution >= 4 is 11.6 Å². The SMILES string of the molecule is CCOC1CC(N)(C(=O)Nc2cccc(OCC(F)(F)F)c2C)C1(C)C. The van der Waals surface area contributed by atoms with Crippen LogP contribution in [0.2, 0.25) is 0 Å². The molecule has 3 N–H and O–H groups in total. The summed E-state index contributed by atoms with van der Waals surface area (Å²) in [5.74, 6) is -0.333. The lowest BCUT2D eigenvalue weighted by Crippen LogP contribution is -2.74. The van der Waals surface area contributed by atoms with Gasteiger partial charge in [0.1, 0.15) is 11.3 Å². The summed E-state index contributed by atoms with van der Waals surface area (Å²) in [7, 11) is 0. The molecule has 2 unspecified atom stereocenters. The van der Waals surface area contributed by atoms with Crippen LogP contribution in [-0.2, 0) is 9.53 Å². The van der Waals surface area contributed by atoms with Crippen LogP contribution in [-0.4, -0.2) is 36.9 Å². The van der Waals surface area contributed by atoms with Gasteiger partial charge < -0.3 is 20.5 Å². The number of anilines is 1. The number of ether oxygens (including phenoxy) is 2. The van der Waals surface area contributed by atoms with Crippen molar-refractivity contribution in [3.05, 3.63) is 23.8 Å². The topological polar surface area (TPSA) is 73.6 Å². The third-order valence-electron chi connectivity index (χ3n) is 5.16. The van der Waals surface area contributed by atoms with Crippen molar-refractivity contribution in [1.29, 1.82) is 0 Å². The first-order valence-electron chi connectivity index (χ1n) is 8.43. The van der Waals surface area contributed by atoms with Gasteiger partial charge in [0.15, 0.2) is 6.61 Å². The number of amides is 1. The van der Waals surface area contributed by atoms with E-state index in [0.29, 0.717) is 24.3 Å². The minimum Gasteiger partial charge on any atom is -0.484 e. The summed E-state index contributed by atoms with van der Waals surface area (Å²) in [6, 6.07) is 4.54. The van der Waals surface area contributed by atoms with E-state index in [0.717, 1.165) is 0 Å². The van der Waals surface area contributed by atoms with Gasteiger partial charge in [0.2, 0.25) is 5.91 Å². The first kappa shape index (κ1) is 20.5. The number of nitrogens with one attached hydrogen (secondary N) is 1. The molecular formula is C18H25F3N2O3. The highest BCUT2D eigenvalue weighted by Crippen LogP contribution is 2.50. The Kier molecular flexibility index (Phi) is 5.58. The van der Waals surface area contributed by atoms with E-state index in [2.05, 4.69) is 5.32 Å². The molecule has 1 aliphatic rings. The van der Waals surface area contributed by atoms with Crippen LogP contribution in [0.5, 0.6) is 5.75 Å². The molecule has 1 aliphatic carbocycles. The van der Waals surface area contributed by atoms with Crippen molar-refractivity contribution in [3.63, 3.8) is 0 Å². The molecule has 0 heterocycles. The van der Waals surface area contributed by atoms with Gasteiger partial charge in [-0.05, 0) is 26.0 Å². The average molecular weight is 374 g/mol. The van der Waals surface area contributed by atoms with Crippen LogP contribution in [0.4, 0.5) is 18.9 Å². The summed E-state index contributed by atoms with van der Waals surface area (Å²) in [6.07, 6.45) is -4.17. The summed E-state index contributed by atoms with van der Waals surface area (Å²) in [4.78, 5) is 12.8. The molecule has 0 aromatic heterocycles. The second-order valence-electron chi connectivity index (χ2n) is 7.13. The number of carbonyl (C=O) groups excluding carboxylic acids is 1. The summed E-state index contributed by atoms with van der Waals surface area (Å²) in [5.41, 5.74) is 5.42. The van der Waals surface area contributed by atoms with E-state index in [4.69, 9.17) is 15.2 Å². The third-order valence-corrected chi connectivity index (χ3v) is 5.16. The summed E-state index contributed by atoms with van der Waals surface area (Å²) in [5, 5.41) is 2.73. The Balaban J connectivity index is 2.13. The fourth-order valence-electron chi connectivity index (χ4n) is 3.12. The monoisotopic (exact) mass is 374 g/mol. The number of hydrogen-bond donors (Lipinski definition) is 2. The Morgan fingerprint density at radius 3 is 2.58 bits per heavy atom. The fraction of sp³-hybridized carbons (Fsp3) is 0.611. The molecule has 1 saturated carbocycles. The number of benzene rings is 1. The summed E-state index contributed by atoms with van der Waals surface area (Å²) >= 11 is 0. The lowest BCUT2D eigenvalue weighted by atomic mass is 9.54. The minimum atomic E-state index is -4.43. The minimum absolute atomic E-state index is 0.0614. The molecule has 1 amide bonds. The molecule has 2 rings (SSSR count). The molecule has 5 nitrogen and oxygen atoms in total. The molecule has 0 aliphatic heterocycles. The number of hydrogen-bond acceptors (Lipinski definition) is 4. The van der Waals surface area contributed by atoms with Gasteiger partial charge in [-0.25, -0.2) is 0 Å². The first-order valence-corrected chi connectivity index (χ1v) is 8.43. The van der Waals surface area contributed by atoms with Crippen LogP contribution in [0.1, 0.15) is 32.8 Å². The number of rotatable bonds is 6. The van der Waals surface area contributed by atoms with E-state index in [1.807, 2.05) is 20.8 Å². The van der Waals surface area contributed by atoms with Crippen LogP contribution in [0.15, 0.2) is 18.2 Å². The Morgan fingerprint density at radius 1 is 1.38 bits per heavy atom. The van der Waals surface area contributed by atoms with E-state index in [1.165, 1.54) is 12.1 Å². The van der Waals surface area contributed by atoms with Crippen LogP contribution < -0.4 is 15.8 Å². The molecule has 146 valence electrons. The maximum Gasteiger partial charge on any atom is 0.422 e. The van der Waals surface area contributed by atoms with Gasteiger partial charge in [-0.15, -0.1) is 0 Å². The van der Waals surface area contributed by atoms with E-state index in [-0.39, 0.29) is 11.9 Å². The number of alkyl halides is 3. The predicted molar refractivity (Wildman–Crippen MR) is 92.1 cm³/mol. The highest BCUT2D eigenvalue weighted by molar-refractivity contribution is 6.00. The lowest BCUT2D eigenvalue weighted by molar-refractivity contribution is -0.166. The van der Waals surface area contributed by atoms with Crippen molar-refractivity contribution < 1.29 is 27.4 Å². The molecular weight excluding hydrogens is 349 g/mol. The van der Waals surface area contributed by atoms with Crippen LogP contribution >= 0.6 is 0 Å². The molecule has 1 aromatic carbocycles. The van der Waals surface area contributed by atoms with Gasteiger partial charge in [0, 0.05) is 29.7 Å². The zero-order valence-corrected chi connectivity index (χ0v) is 15.4. The molecule has 1 fully saturated rings. The normalized spacial score (nSPS) is 24.7. The second-order valence-corrected chi connectivity index (χ2v) is 7.13. The van der Waals surface area contributed by atoms with Gasteiger partial charge in [0.25, 0.3) is 0 Å². The highest BCUT2D eigenvalue weighted by atomic mass is 19.4. The number of halogens is 3. The maximum absolute atomic E-state index is 12.8. The molecule has 0 spiro atoms. The van der Waals surface area contributed by atoms with Gasteiger partial charge in [-0.3, -0.25) is 4.79 Å². The fourth-order valence-corrected chi connectivity index (χ4v) is 3.12. The molecule has 0 radical (unpaired) electrons. The molecule has 2 atom stereocenters. The highest BCUT2D eigenvalue weighted by Gasteiger charge is 2.62. The van der Waals surface area contributed by atoms with Gasteiger partial charge in [0.05, 0.1) is 6.10 Å². The van der Waals surface area contributed by atoms with E-state index >= 15 is 0 Å². The Hall–Kier alpha value is -1.80. The van der Waals surface area contributed by atoms with Gasteiger partial charge in [-0.1, -0.05) is 19.9 Å². The average Bonchev–Trinajstić information content (AvgIpc) is 2.54. The van der Waals surface area contributed by atoms with Crippen molar-refractivity contribution in [2.45, 2.75) is 51.9 Å². The molecule has 0 bridgehead atoms. The zero-order chi connectivity index (χ0) is 19.8. The quantitative estimate of drug-likeness (QED) is 0.800. The van der Waals surface area contributed by atoms with E-state index < -0.39 is 29.6 Å². The molecule has 1 aromatic rings. The van der Waals surface area contributed by atoms with Crippen molar-refractivity contribution in [2.75, 3.05) is 18.5 Å². The number of nitrogens with two attached hydrogens (primary N) is 1. The number of carbonyl (C=O) groups is 1. The van der Waals surface area contributed by atoms with Gasteiger partial charge >= 0.3 is 6.18 Å². The largest absolute Gasteiger partial charge is 0.484 e. The summed E-state index contributed by atoms with van der Waals surface area (Å²) < 4.78 is 47.5.